The minimum atomic E-state index is 0.00793. The second kappa shape index (κ2) is 6.13. The maximum atomic E-state index is 12.5. The molecule has 0 unspecified atom stereocenters. The highest BCUT2D eigenvalue weighted by molar-refractivity contribution is 5.99. The molecule has 0 spiro atoms. The summed E-state index contributed by atoms with van der Waals surface area (Å²) < 4.78 is 5.10. The van der Waals surface area contributed by atoms with Crippen LogP contribution in [0.15, 0.2) is 18.2 Å². The van der Waals surface area contributed by atoms with Gasteiger partial charge in [-0.15, -0.1) is 0 Å². The molecule has 0 aliphatic carbocycles. The molecule has 1 saturated heterocycles. The number of anilines is 1. The van der Waals surface area contributed by atoms with Gasteiger partial charge in [-0.25, -0.2) is 0 Å². The first-order valence-corrected chi connectivity index (χ1v) is 6.99. The zero-order valence-electron chi connectivity index (χ0n) is 12.4. The van der Waals surface area contributed by atoms with Gasteiger partial charge in [0.2, 0.25) is 0 Å². The van der Waals surface area contributed by atoms with Gasteiger partial charge in [0.15, 0.2) is 0 Å². The lowest BCUT2D eigenvalue weighted by Gasteiger charge is -2.37. The van der Waals surface area contributed by atoms with E-state index in [1.54, 1.807) is 25.3 Å². The highest BCUT2D eigenvalue weighted by atomic mass is 16.5. The van der Waals surface area contributed by atoms with E-state index in [0.29, 0.717) is 23.0 Å². The van der Waals surface area contributed by atoms with Crippen LogP contribution in [0.25, 0.3) is 0 Å². The van der Waals surface area contributed by atoms with Crippen molar-refractivity contribution in [2.75, 3.05) is 39.0 Å². The molecule has 1 aromatic rings. The minimum Gasteiger partial charge on any atom is -0.497 e. The third-order valence-electron chi connectivity index (χ3n) is 3.82. The Morgan fingerprint density at radius 1 is 1.25 bits per heavy atom. The summed E-state index contributed by atoms with van der Waals surface area (Å²) in [4.78, 5) is 16.7. The van der Waals surface area contributed by atoms with Gasteiger partial charge in [0.25, 0.3) is 5.91 Å². The van der Waals surface area contributed by atoms with Gasteiger partial charge in [-0.05, 0) is 26.0 Å². The number of nitrogens with two attached hydrogens (primary N) is 1. The van der Waals surface area contributed by atoms with Crippen LogP contribution in [0.3, 0.4) is 0 Å². The Morgan fingerprint density at radius 3 is 2.40 bits per heavy atom. The van der Waals surface area contributed by atoms with Crippen LogP contribution in [-0.4, -0.2) is 55.0 Å². The number of carbonyl (C=O) groups excluding carboxylic acids is 1. The molecule has 1 aliphatic heterocycles. The third-order valence-corrected chi connectivity index (χ3v) is 3.82. The molecular weight excluding hydrogens is 254 g/mol. The average molecular weight is 277 g/mol. The lowest BCUT2D eigenvalue weighted by molar-refractivity contribution is 0.0596. The molecule has 0 bridgehead atoms. The van der Waals surface area contributed by atoms with E-state index in [4.69, 9.17) is 10.5 Å². The molecule has 1 aliphatic rings. The first kappa shape index (κ1) is 14.7. The fourth-order valence-corrected chi connectivity index (χ4v) is 2.47. The predicted molar refractivity (Wildman–Crippen MR) is 80.0 cm³/mol. The summed E-state index contributed by atoms with van der Waals surface area (Å²) in [6, 6.07) is 5.73. The molecule has 0 saturated carbocycles. The Morgan fingerprint density at radius 2 is 1.90 bits per heavy atom. The molecule has 1 heterocycles. The van der Waals surface area contributed by atoms with Crippen molar-refractivity contribution >= 4 is 11.6 Å². The molecule has 0 radical (unpaired) electrons. The van der Waals surface area contributed by atoms with Gasteiger partial charge < -0.3 is 15.4 Å². The van der Waals surface area contributed by atoms with Crippen molar-refractivity contribution in [3.63, 3.8) is 0 Å². The van der Waals surface area contributed by atoms with Crippen molar-refractivity contribution in [3.8, 4) is 5.75 Å². The van der Waals surface area contributed by atoms with E-state index in [-0.39, 0.29) is 5.91 Å². The van der Waals surface area contributed by atoms with Crippen LogP contribution in [0.4, 0.5) is 5.69 Å². The number of amides is 1. The Kier molecular flexibility index (Phi) is 4.49. The number of nitrogens with zero attached hydrogens (tertiary/aromatic N) is 2. The summed E-state index contributed by atoms with van der Waals surface area (Å²) >= 11 is 0. The highest BCUT2D eigenvalue weighted by Gasteiger charge is 2.24. The second-order valence-corrected chi connectivity index (χ2v) is 5.38. The number of ether oxygens (including phenoxy) is 1. The maximum Gasteiger partial charge on any atom is 0.256 e. The van der Waals surface area contributed by atoms with Gasteiger partial charge in [0.1, 0.15) is 5.75 Å². The van der Waals surface area contributed by atoms with Crippen molar-refractivity contribution in [3.05, 3.63) is 23.8 Å². The topological polar surface area (TPSA) is 58.8 Å². The van der Waals surface area contributed by atoms with Crippen LogP contribution < -0.4 is 10.5 Å². The molecule has 20 heavy (non-hydrogen) atoms. The molecule has 2 N–H and O–H groups in total. The first-order chi connectivity index (χ1) is 9.52. The zero-order chi connectivity index (χ0) is 14.7. The number of rotatable bonds is 3. The maximum absolute atomic E-state index is 12.5. The number of methoxy groups -OCH3 is 1. The third kappa shape index (κ3) is 3.04. The zero-order valence-corrected chi connectivity index (χ0v) is 12.4. The molecule has 1 aromatic carbocycles. The van der Waals surface area contributed by atoms with Gasteiger partial charge >= 0.3 is 0 Å². The smallest absolute Gasteiger partial charge is 0.256 e. The average Bonchev–Trinajstić information content (AvgIpc) is 2.46. The molecule has 110 valence electrons. The van der Waals surface area contributed by atoms with Crippen LogP contribution in [0.5, 0.6) is 5.75 Å². The highest BCUT2D eigenvalue weighted by Crippen LogP contribution is 2.21. The van der Waals surface area contributed by atoms with E-state index >= 15 is 0 Å². The van der Waals surface area contributed by atoms with Crippen LogP contribution in [0.1, 0.15) is 24.2 Å². The molecular formula is C15H23N3O2. The van der Waals surface area contributed by atoms with E-state index in [0.717, 1.165) is 26.2 Å². The summed E-state index contributed by atoms with van der Waals surface area (Å²) in [6.07, 6.45) is 0. The molecule has 5 heteroatoms. The van der Waals surface area contributed by atoms with E-state index < -0.39 is 0 Å². The fraction of sp³-hybridized carbons (Fsp3) is 0.533. The molecule has 2 rings (SSSR count). The Hall–Kier alpha value is -1.75. The van der Waals surface area contributed by atoms with Crippen LogP contribution >= 0.6 is 0 Å². The van der Waals surface area contributed by atoms with Crippen LogP contribution in [0, 0.1) is 0 Å². The summed E-state index contributed by atoms with van der Waals surface area (Å²) in [5, 5.41) is 0. The van der Waals surface area contributed by atoms with Gasteiger partial charge in [0.05, 0.1) is 12.7 Å². The largest absolute Gasteiger partial charge is 0.497 e. The van der Waals surface area contributed by atoms with E-state index in [1.165, 1.54) is 0 Å². The van der Waals surface area contributed by atoms with Gasteiger partial charge in [-0.1, -0.05) is 0 Å². The van der Waals surface area contributed by atoms with E-state index in [1.807, 2.05) is 4.90 Å². The molecule has 1 fully saturated rings. The Bertz CT molecular complexity index is 480. The van der Waals surface area contributed by atoms with Gasteiger partial charge in [-0.3, -0.25) is 9.69 Å². The van der Waals surface area contributed by atoms with Crippen LogP contribution in [0.2, 0.25) is 0 Å². The lowest BCUT2D eigenvalue weighted by Crippen LogP contribution is -2.50. The van der Waals surface area contributed by atoms with Crippen molar-refractivity contribution in [2.24, 2.45) is 0 Å². The van der Waals surface area contributed by atoms with Crippen molar-refractivity contribution in [2.45, 2.75) is 19.9 Å². The summed E-state index contributed by atoms with van der Waals surface area (Å²) in [6.45, 7) is 7.70. The number of hydrogen-bond donors (Lipinski definition) is 1. The Balaban J connectivity index is 2.05. The SMILES string of the molecule is COc1ccc(C(=O)N2CCN(C(C)C)CC2)c(N)c1. The van der Waals surface area contributed by atoms with Crippen molar-refractivity contribution < 1.29 is 9.53 Å². The summed E-state index contributed by atoms with van der Waals surface area (Å²) in [5.74, 6) is 0.678. The number of nitrogen functional groups attached to an aromatic ring is 1. The number of piperazine rings is 1. The van der Waals surface area contributed by atoms with E-state index in [2.05, 4.69) is 18.7 Å². The van der Waals surface area contributed by atoms with Gasteiger partial charge in [0, 0.05) is 44.0 Å². The minimum absolute atomic E-state index is 0.00793. The van der Waals surface area contributed by atoms with Gasteiger partial charge in [-0.2, -0.15) is 0 Å². The Labute approximate surface area is 120 Å². The molecule has 0 aromatic heterocycles. The number of benzene rings is 1. The van der Waals surface area contributed by atoms with E-state index in [9.17, 15) is 4.79 Å². The quantitative estimate of drug-likeness (QED) is 0.849. The van der Waals surface area contributed by atoms with Crippen molar-refractivity contribution in [1.29, 1.82) is 0 Å². The summed E-state index contributed by atoms with van der Waals surface area (Å²) in [5.41, 5.74) is 6.97. The standard InChI is InChI=1S/C15H23N3O2/c1-11(2)17-6-8-18(9-7-17)15(19)13-5-4-12(20-3)10-14(13)16/h4-5,10-11H,6-9,16H2,1-3H3. The monoisotopic (exact) mass is 277 g/mol. The fourth-order valence-electron chi connectivity index (χ4n) is 2.47. The number of hydrogen-bond acceptors (Lipinski definition) is 4. The molecule has 0 atom stereocenters. The predicted octanol–water partition coefficient (Wildman–Crippen LogP) is 1.44. The first-order valence-electron chi connectivity index (χ1n) is 6.99. The molecule has 1 amide bonds. The molecule has 5 nitrogen and oxygen atoms in total. The number of carbonyl (C=O) groups is 1. The lowest BCUT2D eigenvalue weighted by atomic mass is 10.1. The van der Waals surface area contributed by atoms with Crippen molar-refractivity contribution in [1.82, 2.24) is 9.80 Å². The second-order valence-electron chi connectivity index (χ2n) is 5.38. The van der Waals surface area contributed by atoms with Crippen LogP contribution in [-0.2, 0) is 0 Å². The normalized spacial score (nSPS) is 16.5. The summed E-state index contributed by atoms with van der Waals surface area (Å²) in [7, 11) is 1.58.